The van der Waals surface area contributed by atoms with E-state index in [0.717, 1.165) is 57.7 Å². The summed E-state index contributed by atoms with van der Waals surface area (Å²) in [4.78, 5) is 17.7. The Balaban J connectivity index is 0.00000392. The van der Waals surface area contributed by atoms with Crippen LogP contribution < -0.4 is 15.5 Å². The van der Waals surface area contributed by atoms with Gasteiger partial charge < -0.3 is 20.3 Å². The number of ether oxygens (including phenoxy) is 1. The summed E-state index contributed by atoms with van der Waals surface area (Å²) in [5.74, 6) is 1.64. The van der Waals surface area contributed by atoms with Gasteiger partial charge in [0.1, 0.15) is 0 Å². The first kappa shape index (κ1) is 24.8. The Morgan fingerprint density at radius 3 is 2.36 bits per heavy atom. The second kappa shape index (κ2) is 12.4. The molecule has 0 bridgehead atoms. The maximum Gasteiger partial charge on any atom is 0.225 e. The lowest BCUT2D eigenvalue weighted by Gasteiger charge is -2.34. The van der Waals surface area contributed by atoms with Crippen LogP contribution in [0.1, 0.15) is 20.8 Å². The number of nitrogens with zero attached hydrogens (tertiary/aromatic N) is 5. The fourth-order valence-corrected chi connectivity index (χ4v) is 3.11. The summed E-state index contributed by atoms with van der Waals surface area (Å²) < 4.78 is 5.59. The van der Waals surface area contributed by atoms with Crippen molar-refractivity contribution < 1.29 is 4.74 Å². The molecular weight excluding hydrogens is 469 g/mol. The first-order chi connectivity index (χ1) is 12.9. The molecule has 0 spiro atoms. The Kier molecular flexibility index (Phi) is 11.0. The number of piperazine rings is 1. The summed E-state index contributed by atoms with van der Waals surface area (Å²) in [5, 5.41) is 6.76. The topological polar surface area (TPSA) is 77.9 Å². The quantitative estimate of drug-likeness (QED) is 0.330. The zero-order valence-corrected chi connectivity index (χ0v) is 20.1. The van der Waals surface area contributed by atoms with Gasteiger partial charge in [0, 0.05) is 72.4 Å². The van der Waals surface area contributed by atoms with Gasteiger partial charge in [-0.15, -0.1) is 24.0 Å². The lowest BCUT2D eigenvalue weighted by atomic mass is 9.89. The van der Waals surface area contributed by atoms with Crippen molar-refractivity contribution in [2.45, 2.75) is 26.9 Å². The maximum absolute atomic E-state index is 5.59. The van der Waals surface area contributed by atoms with Gasteiger partial charge in [-0.1, -0.05) is 20.8 Å². The van der Waals surface area contributed by atoms with Crippen LogP contribution in [-0.2, 0) is 4.74 Å². The molecule has 2 N–H and O–H groups in total. The molecule has 1 aliphatic heterocycles. The van der Waals surface area contributed by atoms with Crippen LogP contribution in [0, 0.1) is 5.41 Å². The van der Waals surface area contributed by atoms with Crippen molar-refractivity contribution in [3.8, 4) is 0 Å². The second-order valence-electron chi connectivity index (χ2n) is 7.85. The van der Waals surface area contributed by atoms with Crippen LogP contribution in [0.5, 0.6) is 0 Å². The molecule has 1 unspecified atom stereocenters. The first-order valence-corrected chi connectivity index (χ1v) is 9.65. The fourth-order valence-electron chi connectivity index (χ4n) is 3.11. The Labute approximate surface area is 186 Å². The van der Waals surface area contributed by atoms with Crippen molar-refractivity contribution in [3.05, 3.63) is 18.5 Å². The van der Waals surface area contributed by atoms with E-state index < -0.39 is 0 Å². The molecule has 0 amide bonds. The molecule has 2 heterocycles. The summed E-state index contributed by atoms with van der Waals surface area (Å²) in [6.07, 6.45) is 3.72. The van der Waals surface area contributed by atoms with E-state index in [0.29, 0.717) is 0 Å². The highest BCUT2D eigenvalue weighted by atomic mass is 127. The zero-order chi connectivity index (χ0) is 19.7. The maximum atomic E-state index is 5.59. The van der Waals surface area contributed by atoms with Gasteiger partial charge in [0.25, 0.3) is 0 Å². The van der Waals surface area contributed by atoms with E-state index in [1.165, 1.54) is 0 Å². The largest absolute Gasteiger partial charge is 0.379 e. The van der Waals surface area contributed by atoms with E-state index >= 15 is 0 Å². The van der Waals surface area contributed by atoms with Crippen LogP contribution in [0.15, 0.2) is 23.5 Å². The third kappa shape index (κ3) is 8.04. The van der Waals surface area contributed by atoms with E-state index in [1.54, 1.807) is 26.6 Å². The second-order valence-corrected chi connectivity index (χ2v) is 7.85. The molecule has 2 rings (SSSR count). The molecule has 1 atom stereocenters. The standard InChI is InChI=1S/C19H35N7O.HI/c1-19(2,3)16(27-5)15-24-17(20-4)21-9-10-25-11-13-26(14-12-25)18-22-7-6-8-23-18;/h6-8,16H,9-15H2,1-5H3,(H2,20,21,24);1H. The van der Waals surface area contributed by atoms with E-state index in [2.05, 4.69) is 56.2 Å². The van der Waals surface area contributed by atoms with Gasteiger partial charge in [-0.05, 0) is 11.5 Å². The van der Waals surface area contributed by atoms with Crippen LogP contribution in [0.3, 0.4) is 0 Å². The van der Waals surface area contributed by atoms with Gasteiger partial charge in [0.15, 0.2) is 5.96 Å². The van der Waals surface area contributed by atoms with Crippen LogP contribution in [0.4, 0.5) is 5.95 Å². The van der Waals surface area contributed by atoms with Gasteiger partial charge in [-0.25, -0.2) is 9.97 Å². The summed E-state index contributed by atoms with van der Waals surface area (Å²) in [6.45, 7) is 13.1. The van der Waals surface area contributed by atoms with Crippen LogP contribution in [0.25, 0.3) is 0 Å². The predicted octanol–water partition coefficient (Wildman–Crippen LogP) is 1.44. The number of rotatable bonds is 7. The Hall–Kier alpha value is -1.20. The molecule has 28 heavy (non-hydrogen) atoms. The number of hydrogen-bond acceptors (Lipinski definition) is 6. The first-order valence-electron chi connectivity index (χ1n) is 9.65. The molecule has 0 aliphatic carbocycles. The smallest absolute Gasteiger partial charge is 0.225 e. The fraction of sp³-hybridized carbons (Fsp3) is 0.737. The van der Waals surface area contributed by atoms with Gasteiger partial charge in [0.05, 0.1) is 6.10 Å². The zero-order valence-electron chi connectivity index (χ0n) is 17.8. The van der Waals surface area contributed by atoms with Crippen molar-refractivity contribution in [3.63, 3.8) is 0 Å². The number of aromatic nitrogens is 2. The van der Waals surface area contributed by atoms with Crippen LogP contribution >= 0.6 is 24.0 Å². The highest BCUT2D eigenvalue weighted by Gasteiger charge is 2.24. The molecule has 1 aromatic heterocycles. The van der Waals surface area contributed by atoms with Gasteiger partial charge in [-0.2, -0.15) is 0 Å². The Morgan fingerprint density at radius 1 is 1.18 bits per heavy atom. The van der Waals surface area contributed by atoms with Crippen molar-refractivity contribution in [2.24, 2.45) is 10.4 Å². The Morgan fingerprint density at radius 2 is 1.82 bits per heavy atom. The molecule has 1 aromatic rings. The van der Waals surface area contributed by atoms with Crippen molar-refractivity contribution in [1.29, 1.82) is 0 Å². The van der Waals surface area contributed by atoms with Gasteiger partial charge in [0.2, 0.25) is 5.95 Å². The van der Waals surface area contributed by atoms with E-state index in [1.807, 2.05) is 6.07 Å². The van der Waals surface area contributed by atoms with Crippen molar-refractivity contribution >= 4 is 35.9 Å². The van der Waals surface area contributed by atoms with Gasteiger partial charge >= 0.3 is 0 Å². The number of hydrogen-bond donors (Lipinski definition) is 2. The Bertz CT molecular complexity index is 571. The summed E-state index contributed by atoms with van der Waals surface area (Å²) >= 11 is 0. The highest BCUT2D eigenvalue weighted by molar-refractivity contribution is 14.0. The SMILES string of the molecule is CN=C(NCCN1CCN(c2ncccn2)CC1)NCC(OC)C(C)(C)C.I. The molecule has 160 valence electrons. The molecule has 9 heteroatoms. The number of aliphatic imine (C=N–C) groups is 1. The average molecular weight is 505 g/mol. The number of anilines is 1. The highest BCUT2D eigenvalue weighted by Crippen LogP contribution is 2.20. The third-order valence-corrected chi connectivity index (χ3v) is 4.86. The number of guanidine groups is 1. The minimum atomic E-state index is 0. The lowest BCUT2D eigenvalue weighted by Crippen LogP contribution is -2.50. The average Bonchev–Trinajstić information content (AvgIpc) is 2.67. The number of methoxy groups -OCH3 is 1. The normalized spacial score (nSPS) is 17.0. The van der Waals surface area contributed by atoms with Crippen molar-refractivity contribution in [2.75, 3.05) is 64.9 Å². The summed E-state index contributed by atoms with van der Waals surface area (Å²) in [6, 6.07) is 1.85. The molecular formula is C19H36IN7O. The van der Waals surface area contributed by atoms with Crippen LogP contribution in [-0.4, -0.2) is 86.9 Å². The molecule has 1 fully saturated rings. The molecule has 0 saturated carbocycles. The van der Waals surface area contributed by atoms with E-state index in [4.69, 9.17) is 4.74 Å². The summed E-state index contributed by atoms with van der Waals surface area (Å²) in [5.41, 5.74) is 0.0861. The third-order valence-electron chi connectivity index (χ3n) is 4.86. The van der Waals surface area contributed by atoms with E-state index in [9.17, 15) is 0 Å². The lowest BCUT2D eigenvalue weighted by molar-refractivity contribution is 0.0205. The van der Waals surface area contributed by atoms with Gasteiger partial charge in [-0.3, -0.25) is 9.89 Å². The van der Waals surface area contributed by atoms with E-state index in [-0.39, 0.29) is 35.5 Å². The minimum absolute atomic E-state index is 0. The molecule has 1 aliphatic rings. The predicted molar refractivity (Wildman–Crippen MR) is 126 cm³/mol. The molecule has 0 aromatic carbocycles. The monoisotopic (exact) mass is 505 g/mol. The molecule has 1 saturated heterocycles. The molecule has 0 radical (unpaired) electrons. The number of halogens is 1. The molecule has 8 nitrogen and oxygen atoms in total. The van der Waals surface area contributed by atoms with Crippen molar-refractivity contribution in [1.82, 2.24) is 25.5 Å². The summed E-state index contributed by atoms with van der Waals surface area (Å²) in [7, 11) is 3.56. The number of nitrogens with one attached hydrogen (secondary N) is 2. The minimum Gasteiger partial charge on any atom is -0.379 e. The van der Waals surface area contributed by atoms with Crippen LogP contribution in [0.2, 0.25) is 0 Å².